The quantitative estimate of drug-likeness (QED) is 0.842. The van der Waals surface area contributed by atoms with E-state index in [9.17, 15) is 4.79 Å². The van der Waals surface area contributed by atoms with Crippen molar-refractivity contribution in [1.82, 2.24) is 9.80 Å². The first-order valence-corrected chi connectivity index (χ1v) is 7.88. The van der Waals surface area contributed by atoms with Crippen LogP contribution in [0.1, 0.15) is 46.0 Å². The Balaban J connectivity index is 1.83. The number of rotatable bonds is 3. The minimum Gasteiger partial charge on any atom is -0.341 e. The van der Waals surface area contributed by atoms with Gasteiger partial charge in [-0.05, 0) is 65.0 Å². The summed E-state index contributed by atoms with van der Waals surface area (Å²) in [5, 5.41) is 0. The third-order valence-corrected chi connectivity index (χ3v) is 4.89. The van der Waals surface area contributed by atoms with E-state index < -0.39 is 0 Å². The second kappa shape index (κ2) is 6.71. The molecule has 2 saturated heterocycles. The number of carbonyl (C=O) groups is 1. The molecule has 2 aliphatic heterocycles. The van der Waals surface area contributed by atoms with E-state index in [4.69, 9.17) is 5.73 Å². The number of amides is 1. The first kappa shape index (κ1) is 14.8. The molecule has 0 spiro atoms. The molecule has 2 unspecified atom stereocenters. The summed E-state index contributed by atoms with van der Waals surface area (Å²) >= 11 is 0. The summed E-state index contributed by atoms with van der Waals surface area (Å²) in [5.41, 5.74) is 5.97. The summed E-state index contributed by atoms with van der Waals surface area (Å²) in [7, 11) is 0. The zero-order valence-electron chi connectivity index (χ0n) is 12.5. The van der Waals surface area contributed by atoms with Crippen LogP contribution in [-0.2, 0) is 4.79 Å². The number of hydrogen-bond acceptors (Lipinski definition) is 3. The zero-order chi connectivity index (χ0) is 13.8. The average Bonchev–Trinajstić information content (AvgIpc) is 2.46. The van der Waals surface area contributed by atoms with Crippen molar-refractivity contribution in [3.8, 4) is 0 Å². The molecule has 0 aliphatic carbocycles. The minimum absolute atomic E-state index is 0.0483. The van der Waals surface area contributed by atoms with E-state index in [2.05, 4.69) is 23.6 Å². The summed E-state index contributed by atoms with van der Waals surface area (Å²) in [6, 6.07) is 0.336. The van der Waals surface area contributed by atoms with Crippen molar-refractivity contribution in [2.24, 2.45) is 11.7 Å². The Kier molecular flexibility index (Phi) is 5.22. The second-order valence-electron chi connectivity index (χ2n) is 6.29. The SMILES string of the molecule is CC(N)C1CCN(C(C)C(=O)N2CCCCC2)CC1. The first-order valence-electron chi connectivity index (χ1n) is 7.88. The lowest BCUT2D eigenvalue weighted by Gasteiger charge is -2.39. The molecular formula is C15H29N3O. The van der Waals surface area contributed by atoms with Crippen LogP contribution in [0.15, 0.2) is 0 Å². The molecule has 0 aromatic carbocycles. The van der Waals surface area contributed by atoms with Gasteiger partial charge in [-0.3, -0.25) is 9.69 Å². The Hall–Kier alpha value is -0.610. The van der Waals surface area contributed by atoms with E-state index in [1.54, 1.807) is 0 Å². The van der Waals surface area contributed by atoms with Gasteiger partial charge in [-0.15, -0.1) is 0 Å². The third kappa shape index (κ3) is 3.69. The molecule has 4 nitrogen and oxygen atoms in total. The molecule has 110 valence electrons. The standard InChI is InChI=1S/C15H29N3O/c1-12(16)14-6-10-17(11-7-14)13(2)15(19)18-8-4-3-5-9-18/h12-14H,3-11,16H2,1-2H3. The predicted octanol–water partition coefficient (Wildman–Crippen LogP) is 1.45. The van der Waals surface area contributed by atoms with Crippen molar-refractivity contribution in [1.29, 1.82) is 0 Å². The van der Waals surface area contributed by atoms with Gasteiger partial charge in [0.05, 0.1) is 6.04 Å². The van der Waals surface area contributed by atoms with Gasteiger partial charge in [0, 0.05) is 19.1 Å². The van der Waals surface area contributed by atoms with E-state index in [0.717, 1.165) is 39.0 Å². The molecule has 0 radical (unpaired) electrons. The van der Waals surface area contributed by atoms with Crippen LogP contribution < -0.4 is 5.73 Å². The van der Waals surface area contributed by atoms with Gasteiger partial charge in [0.15, 0.2) is 0 Å². The zero-order valence-corrected chi connectivity index (χ0v) is 12.5. The number of nitrogens with zero attached hydrogens (tertiary/aromatic N) is 2. The van der Waals surface area contributed by atoms with Gasteiger partial charge in [0.1, 0.15) is 0 Å². The molecule has 0 aromatic rings. The lowest BCUT2D eigenvalue weighted by Crippen LogP contribution is -2.51. The Labute approximate surface area is 117 Å². The first-order chi connectivity index (χ1) is 9.09. The topological polar surface area (TPSA) is 49.6 Å². The Bertz CT molecular complexity index is 292. The molecule has 2 fully saturated rings. The molecule has 2 aliphatic rings. The van der Waals surface area contributed by atoms with Crippen molar-refractivity contribution in [3.63, 3.8) is 0 Å². The second-order valence-corrected chi connectivity index (χ2v) is 6.29. The summed E-state index contributed by atoms with van der Waals surface area (Å²) in [6.45, 7) is 8.13. The highest BCUT2D eigenvalue weighted by Crippen LogP contribution is 2.22. The molecule has 4 heteroatoms. The lowest BCUT2D eigenvalue weighted by atomic mass is 9.90. The molecule has 0 aromatic heterocycles. The average molecular weight is 267 g/mol. The molecule has 2 heterocycles. The van der Waals surface area contributed by atoms with Crippen LogP contribution in [0.2, 0.25) is 0 Å². The Morgan fingerprint density at radius 3 is 2.16 bits per heavy atom. The summed E-state index contributed by atoms with van der Waals surface area (Å²) in [4.78, 5) is 16.9. The smallest absolute Gasteiger partial charge is 0.239 e. The van der Waals surface area contributed by atoms with Gasteiger partial charge < -0.3 is 10.6 Å². The van der Waals surface area contributed by atoms with Crippen LogP contribution in [0.3, 0.4) is 0 Å². The van der Waals surface area contributed by atoms with Gasteiger partial charge >= 0.3 is 0 Å². The molecule has 2 rings (SSSR count). The highest BCUT2D eigenvalue weighted by atomic mass is 16.2. The highest BCUT2D eigenvalue weighted by Gasteiger charge is 2.30. The highest BCUT2D eigenvalue weighted by molar-refractivity contribution is 5.81. The van der Waals surface area contributed by atoms with Gasteiger partial charge in [0.2, 0.25) is 5.91 Å². The van der Waals surface area contributed by atoms with Gasteiger partial charge in [-0.1, -0.05) is 0 Å². The minimum atomic E-state index is 0.0483. The van der Waals surface area contributed by atoms with Crippen molar-refractivity contribution in [2.75, 3.05) is 26.2 Å². The fraction of sp³-hybridized carbons (Fsp3) is 0.933. The summed E-state index contributed by atoms with van der Waals surface area (Å²) < 4.78 is 0. The predicted molar refractivity (Wildman–Crippen MR) is 77.8 cm³/mol. The molecule has 1 amide bonds. The van der Waals surface area contributed by atoms with Crippen molar-refractivity contribution in [3.05, 3.63) is 0 Å². The number of hydrogen-bond donors (Lipinski definition) is 1. The van der Waals surface area contributed by atoms with Crippen LogP contribution in [0, 0.1) is 5.92 Å². The van der Waals surface area contributed by atoms with Crippen molar-refractivity contribution in [2.45, 2.75) is 58.0 Å². The molecule has 0 saturated carbocycles. The van der Waals surface area contributed by atoms with E-state index in [0.29, 0.717) is 11.8 Å². The van der Waals surface area contributed by atoms with Crippen LogP contribution in [0.5, 0.6) is 0 Å². The van der Waals surface area contributed by atoms with Crippen LogP contribution in [0.4, 0.5) is 0 Å². The monoisotopic (exact) mass is 267 g/mol. The van der Waals surface area contributed by atoms with Crippen LogP contribution in [0.25, 0.3) is 0 Å². The number of carbonyl (C=O) groups excluding carboxylic acids is 1. The molecule has 0 bridgehead atoms. The molecule has 19 heavy (non-hydrogen) atoms. The summed E-state index contributed by atoms with van der Waals surface area (Å²) in [6.07, 6.45) is 5.89. The van der Waals surface area contributed by atoms with E-state index >= 15 is 0 Å². The van der Waals surface area contributed by atoms with E-state index in [1.165, 1.54) is 19.3 Å². The molecule has 2 atom stereocenters. The number of nitrogens with two attached hydrogens (primary N) is 1. The Morgan fingerprint density at radius 2 is 1.63 bits per heavy atom. The van der Waals surface area contributed by atoms with E-state index in [-0.39, 0.29) is 12.1 Å². The fourth-order valence-electron chi connectivity index (χ4n) is 3.37. The van der Waals surface area contributed by atoms with Crippen molar-refractivity contribution < 1.29 is 4.79 Å². The molecular weight excluding hydrogens is 238 g/mol. The number of piperidine rings is 2. The lowest BCUT2D eigenvalue weighted by molar-refractivity contribution is -0.137. The Morgan fingerprint density at radius 1 is 1.05 bits per heavy atom. The maximum Gasteiger partial charge on any atom is 0.239 e. The fourth-order valence-corrected chi connectivity index (χ4v) is 3.37. The maximum atomic E-state index is 12.5. The van der Waals surface area contributed by atoms with Gasteiger partial charge in [0.25, 0.3) is 0 Å². The third-order valence-electron chi connectivity index (χ3n) is 4.89. The van der Waals surface area contributed by atoms with Crippen molar-refractivity contribution >= 4 is 5.91 Å². The van der Waals surface area contributed by atoms with E-state index in [1.807, 2.05) is 0 Å². The largest absolute Gasteiger partial charge is 0.341 e. The maximum absolute atomic E-state index is 12.5. The van der Waals surface area contributed by atoms with Gasteiger partial charge in [-0.2, -0.15) is 0 Å². The summed E-state index contributed by atoms with van der Waals surface area (Å²) in [5.74, 6) is 0.965. The van der Waals surface area contributed by atoms with Crippen LogP contribution >= 0.6 is 0 Å². The number of likely N-dealkylation sites (tertiary alicyclic amines) is 2. The normalized spacial score (nSPS) is 26.2. The van der Waals surface area contributed by atoms with Gasteiger partial charge in [-0.25, -0.2) is 0 Å². The molecule has 2 N–H and O–H groups in total. The van der Waals surface area contributed by atoms with Crippen LogP contribution in [-0.4, -0.2) is 54.0 Å².